The zero-order chi connectivity index (χ0) is 27.3. The van der Waals surface area contributed by atoms with E-state index in [1.807, 2.05) is 6.07 Å². The Morgan fingerprint density at radius 2 is 2.03 bits per heavy atom. The largest absolute Gasteiger partial charge is 0.389 e. The van der Waals surface area contributed by atoms with Gasteiger partial charge in [0.25, 0.3) is 5.91 Å². The number of rotatable bonds is 3. The molecule has 5 rings (SSSR count). The van der Waals surface area contributed by atoms with Crippen molar-refractivity contribution in [3.63, 3.8) is 0 Å². The monoisotopic (exact) mass is 538 g/mol. The van der Waals surface area contributed by atoms with E-state index in [0.717, 1.165) is 17.4 Å². The second-order valence-corrected chi connectivity index (χ2v) is 9.95. The predicted molar refractivity (Wildman–Crippen MR) is 137 cm³/mol. The first-order valence-electron chi connectivity index (χ1n) is 11.6. The molecule has 12 heteroatoms. The summed E-state index contributed by atoms with van der Waals surface area (Å²) in [6.07, 6.45) is 3.01. The molecule has 2 aliphatic heterocycles. The van der Waals surface area contributed by atoms with Crippen molar-refractivity contribution >= 4 is 51.0 Å². The van der Waals surface area contributed by atoms with Crippen LogP contribution in [0.4, 0.5) is 18.2 Å². The maximum atomic E-state index is 15.9. The molecule has 8 nitrogen and oxygen atoms in total. The minimum atomic E-state index is -1.03. The lowest BCUT2D eigenvalue weighted by Crippen LogP contribution is -2.57. The summed E-state index contributed by atoms with van der Waals surface area (Å²) in [6, 6.07) is 2.51. The number of hydrogen-bond acceptors (Lipinski definition) is 6. The number of aryl methyl sites for hydroxylation is 1. The lowest BCUT2D eigenvalue weighted by Gasteiger charge is -2.42. The summed E-state index contributed by atoms with van der Waals surface area (Å²) in [5.74, 6) is -2.78. The summed E-state index contributed by atoms with van der Waals surface area (Å²) in [4.78, 5) is 29.0. The molecule has 0 unspecified atom stereocenters. The van der Waals surface area contributed by atoms with E-state index in [0.29, 0.717) is 6.42 Å². The number of thiophene rings is 1. The molecule has 0 bridgehead atoms. The number of halogens is 3. The number of anilines is 1. The quantitative estimate of drug-likeness (QED) is 0.515. The number of hydrogen-bond donors (Lipinski definition) is 1. The van der Waals surface area contributed by atoms with Crippen LogP contribution in [0.1, 0.15) is 27.9 Å². The average molecular weight is 539 g/mol. The highest BCUT2D eigenvalue weighted by atomic mass is 32.1. The van der Waals surface area contributed by atoms with Gasteiger partial charge >= 0.3 is 0 Å². The fourth-order valence-corrected chi connectivity index (χ4v) is 6.12. The number of piperazine rings is 1. The molecule has 38 heavy (non-hydrogen) atoms. The van der Waals surface area contributed by atoms with Gasteiger partial charge in [0.15, 0.2) is 0 Å². The van der Waals surface area contributed by atoms with Crippen molar-refractivity contribution in [1.29, 1.82) is 5.26 Å². The molecule has 4 heterocycles. The number of benzene rings is 1. The highest BCUT2D eigenvalue weighted by molar-refractivity contribution is 7.14. The van der Waals surface area contributed by atoms with E-state index in [9.17, 15) is 19.2 Å². The number of allylic oxidation sites excluding steroid dienone is 1. The van der Waals surface area contributed by atoms with Crippen LogP contribution >= 0.6 is 11.3 Å². The van der Waals surface area contributed by atoms with Crippen LogP contribution in [0.2, 0.25) is 0 Å². The van der Waals surface area contributed by atoms with Gasteiger partial charge in [0.2, 0.25) is 11.9 Å². The van der Waals surface area contributed by atoms with Crippen molar-refractivity contribution in [2.24, 2.45) is 0 Å². The maximum Gasteiger partial charge on any atom is 0.256 e. The van der Waals surface area contributed by atoms with Crippen LogP contribution in [0.3, 0.4) is 0 Å². The summed E-state index contributed by atoms with van der Waals surface area (Å²) in [7, 11) is 0. The van der Waals surface area contributed by atoms with Crippen LogP contribution in [0.5, 0.6) is 0 Å². The highest BCUT2D eigenvalue weighted by Crippen LogP contribution is 2.35. The lowest BCUT2D eigenvalue weighted by atomic mass is 9.94. The zero-order valence-electron chi connectivity index (χ0n) is 20.0. The van der Waals surface area contributed by atoms with Crippen molar-refractivity contribution in [3.8, 4) is 6.07 Å². The first kappa shape index (κ1) is 25.3. The molecule has 0 saturated carbocycles. The fourth-order valence-electron chi connectivity index (χ4n) is 5.28. The summed E-state index contributed by atoms with van der Waals surface area (Å²) < 4.78 is 46.4. The second kappa shape index (κ2) is 9.50. The van der Waals surface area contributed by atoms with Crippen LogP contribution in [-0.4, -0.2) is 57.1 Å². The molecule has 0 aliphatic carbocycles. The second-order valence-electron chi connectivity index (χ2n) is 8.87. The van der Waals surface area contributed by atoms with Gasteiger partial charge < -0.3 is 15.5 Å². The molecular formula is C26H21F3N6O2S. The van der Waals surface area contributed by atoms with Crippen molar-refractivity contribution in [2.45, 2.75) is 19.0 Å². The number of carbonyl (C=O) groups is 2. The highest BCUT2D eigenvalue weighted by Gasteiger charge is 2.37. The molecule has 2 N–H and O–H groups in total. The van der Waals surface area contributed by atoms with Gasteiger partial charge in [-0.05, 0) is 24.1 Å². The van der Waals surface area contributed by atoms with E-state index in [4.69, 9.17) is 5.73 Å². The van der Waals surface area contributed by atoms with Crippen molar-refractivity contribution in [1.82, 2.24) is 19.6 Å². The molecule has 1 atom stereocenters. The molecule has 2 amide bonds. The number of amides is 2. The third-order valence-corrected chi connectivity index (χ3v) is 7.91. The Morgan fingerprint density at radius 3 is 2.68 bits per heavy atom. The van der Waals surface area contributed by atoms with Gasteiger partial charge in [-0.3, -0.25) is 14.3 Å². The van der Waals surface area contributed by atoms with Crippen LogP contribution in [0, 0.1) is 23.1 Å². The Bertz CT molecular complexity index is 1720. The minimum Gasteiger partial charge on any atom is -0.389 e. The molecular weight excluding hydrogens is 517 g/mol. The summed E-state index contributed by atoms with van der Waals surface area (Å²) in [6.45, 7) is 8.13. The van der Waals surface area contributed by atoms with E-state index < -0.39 is 17.7 Å². The molecule has 1 aromatic carbocycles. The van der Waals surface area contributed by atoms with Crippen molar-refractivity contribution in [2.75, 3.05) is 25.4 Å². The van der Waals surface area contributed by atoms with Crippen LogP contribution in [0.25, 0.3) is 22.8 Å². The first-order valence-corrected chi connectivity index (χ1v) is 12.4. The van der Waals surface area contributed by atoms with Crippen molar-refractivity contribution in [3.05, 3.63) is 69.6 Å². The molecule has 0 spiro atoms. The van der Waals surface area contributed by atoms with Crippen LogP contribution in [-0.2, 0) is 11.3 Å². The van der Waals surface area contributed by atoms with Gasteiger partial charge in [-0.2, -0.15) is 9.65 Å². The fraction of sp³-hybridized carbons (Fsp3) is 0.231. The van der Waals surface area contributed by atoms with E-state index >= 15 is 8.78 Å². The smallest absolute Gasteiger partial charge is 0.256 e. The SMILES string of the molecule is C=CC(=O)N1CCN2C(=O)c3cc(F)c(/C(C=C)=c4\c(C#N)c(N)s\c4=C/F)c4c(F)nn(c34)CC[C@@H]2C1. The number of fused-ring (bicyclic) bond motifs is 1. The molecule has 2 aliphatic rings. The standard InChI is InChI=1S/C26H21F3N6O2S/c1-3-14(20-16(11-30)25(31)38-18(20)10-27)21-17(28)9-15-23-22(21)24(29)32-35(23)6-5-13-12-33(19(36)4-2)7-8-34(13)26(15)37/h3-4,9-10,13H,1-2,5-8,12,31H2/b18-10-,20-14+/t13-/m1/s1. The van der Waals surface area contributed by atoms with Gasteiger partial charge in [0, 0.05) is 37.0 Å². The zero-order valence-corrected chi connectivity index (χ0v) is 20.8. The van der Waals surface area contributed by atoms with Gasteiger partial charge in [-0.25, -0.2) is 8.78 Å². The Hall–Kier alpha value is -4.37. The number of carbonyl (C=O) groups excluding carboxylic acids is 2. The normalized spacial score (nSPS) is 18.5. The summed E-state index contributed by atoms with van der Waals surface area (Å²) in [5, 5.41) is 13.3. The number of nitrogen functional groups attached to an aromatic ring is 1. The summed E-state index contributed by atoms with van der Waals surface area (Å²) >= 11 is 0.790. The predicted octanol–water partition coefficient (Wildman–Crippen LogP) is 2.17. The Balaban J connectivity index is 1.77. The Labute approximate surface area is 218 Å². The summed E-state index contributed by atoms with van der Waals surface area (Å²) in [5.41, 5.74) is 5.44. The molecule has 1 saturated heterocycles. The van der Waals surface area contributed by atoms with Gasteiger partial charge in [-0.15, -0.1) is 16.4 Å². The van der Waals surface area contributed by atoms with Gasteiger partial charge in [0.05, 0.1) is 32.6 Å². The van der Waals surface area contributed by atoms with Gasteiger partial charge in [0.1, 0.15) is 23.2 Å². The van der Waals surface area contributed by atoms with E-state index in [1.165, 1.54) is 16.8 Å². The lowest BCUT2D eigenvalue weighted by molar-refractivity contribution is -0.128. The number of aromatic nitrogens is 2. The molecule has 2 aromatic heterocycles. The maximum absolute atomic E-state index is 15.9. The van der Waals surface area contributed by atoms with E-state index in [-0.39, 0.29) is 92.4 Å². The van der Waals surface area contributed by atoms with Crippen molar-refractivity contribution < 1.29 is 22.8 Å². The Morgan fingerprint density at radius 1 is 1.26 bits per heavy atom. The Kier molecular flexibility index (Phi) is 6.32. The van der Waals surface area contributed by atoms with Gasteiger partial charge in [-0.1, -0.05) is 19.2 Å². The number of nitriles is 1. The van der Waals surface area contributed by atoms with Crippen LogP contribution < -0.4 is 15.5 Å². The topological polar surface area (TPSA) is 108 Å². The molecule has 194 valence electrons. The third kappa shape index (κ3) is 3.69. The van der Waals surface area contributed by atoms with E-state index in [2.05, 4.69) is 18.3 Å². The van der Waals surface area contributed by atoms with Crippen LogP contribution in [0.15, 0.2) is 31.4 Å². The average Bonchev–Trinajstić information content (AvgIpc) is 3.42. The molecule has 1 fully saturated rings. The van der Waals surface area contributed by atoms with E-state index in [1.54, 1.807) is 9.80 Å². The number of nitrogens with two attached hydrogens (primary N) is 1. The minimum absolute atomic E-state index is 0.0138. The first-order chi connectivity index (χ1) is 18.2. The number of nitrogens with zero attached hydrogens (tertiary/aromatic N) is 5. The molecule has 0 radical (unpaired) electrons. The molecule has 3 aromatic rings. The third-order valence-electron chi connectivity index (χ3n) is 6.98.